The molecule has 128 valence electrons. The summed E-state index contributed by atoms with van der Waals surface area (Å²) in [6.07, 6.45) is 0.140. The van der Waals surface area contributed by atoms with Gasteiger partial charge in [-0.25, -0.2) is 9.59 Å². The number of nitrogens with zero attached hydrogens (tertiary/aromatic N) is 2. The summed E-state index contributed by atoms with van der Waals surface area (Å²) in [5.41, 5.74) is 2.45. The van der Waals surface area contributed by atoms with Crippen LogP contribution < -0.4 is 5.32 Å². The number of aryl methyl sites for hydroxylation is 2. The molecule has 2 rings (SSSR count). The number of hydrogen-bond acceptors (Lipinski definition) is 4. The normalized spacial score (nSPS) is 11.8. The van der Waals surface area contributed by atoms with Gasteiger partial charge in [-0.15, -0.1) is 0 Å². The molecule has 7 nitrogen and oxygen atoms in total. The number of hydrogen-bond donors (Lipinski definition) is 2. The maximum Gasteiger partial charge on any atom is 0.408 e. The molecule has 0 spiro atoms. The first-order chi connectivity index (χ1) is 11.5. The van der Waals surface area contributed by atoms with Gasteiger partial charge in [0.2, 0.25) is 0 Å². The summed E-state index contributed by atoms with van der Waals surface area (Å²) < 4.78 is 6.70. The summed E-state index contributed by atoms with van der Waals surface area (Å²) in [5.74, 6) is -1.12. The summed E-state index contributed by atoms with van der Waals surface area (Å²) in [6, 6.07) is 9.95. The fourth-order valence-corrected chi connectivity index (χ4v) is 2.25. The summed E-state index contributed by atoms with van der Waals surface area (Å²) in [4.78, 5) is 23.2. The van der Waals surface area contributed by atoms with Crippen LogP contribution in [0.1, 0.15) is 23.9 Å². The monoisotopic (exact) mass is 331 g/mol. The van der Waals surface area contributed by atoms with Gasteiger partial charge in [-0.2, -0.15) is 5.10 Å². The number of alkyl carbamates (subject to hydrolysis) is 1. The number of carbonyl (C=O) groups excluding carboxylic acids is 1. The minimum atomic E-state index is -1.12. The number of carboxylic acid groups (broad SMARTS) is 1. The highest BCUT2D eigenvalue weighted by molar-refractivity contribution is 5.80. The van der Waals surface area contributed by atoms with Crippen LogP contribution in [0.15, 0.2) is 36.4 Å². The van der Waals surface area contributed by atoms with E-state index in [1.54, 1.807) is 11.7 Å². The van der Waals surface area contributed by atoms with Crippen LogP contribution in [0.2, 0.25) is 0 Å². The summed E-state index contributed by atoms with van der Waals surface area (Å²) in [6.45, 7) is 2.06. The van der Waals surface area contributed by atoms with Gasteiger partial charge >= 0.3 is 12.1 Å². The predicted molar refractivity (Wildman–Crippen MR) is 87.5 cm³/mol. The topological polar surface area (TPSA) is 93.5 Å². The fourth-order valence-electron chi connectivity index (χ4n) is 2.25. The standard InChI is InChI=1S/C17H21N3O4/c1-3-13-9-14(20(2)19-13)10-15(16(21)22)18-17(23)24-11-12-7-5-4-6-8-12/h4-9,15H,3,10-11H2,1-2H3,(H,18,23)(H,21,22). The van der Waals surface area contributed by atoms with Gasteiger partial charge in [0.05, 0.1) is 5.69 Å². The Hall–Kier alpha value is -2.83. The van der Waals surface area contributed by atoms with Crippen LogP contribution in [0, 0.1) is 0 Å². The van der Waals surface area contributed by atoms with Crippen molar-refractivity contribution in [2.75, 3.05) is 0 Å². The van der Waals surface area contributed by atoms with Crippen LogP contribution >= 0.6 is 0 Å². The first-order valence-corrected chi connectivity index (χ1v) is 7.71. The maximum atomic E-state index is 11.8. The van der Waals surface area contributed by atoms with E-state index < -0.39 is 18.1 Å². The average molecular weight is 331 g/mol. The van der Waals surface area contributed by atoms with E-state index >= 15 is 0 Å². The lowest BCUT2D eigenvalue weighted by Crippen LogP contribution is -2.42. The number of ether oxygens (including phenoxy) is 1. The smallest absolute Gasteiger partial charge is 0.408 e. The van der Waals surface area contributed by atoms with Crippen LogP contribution in [0.5, 0.6) is 0 Å². The van der Waals surface area contributed by atoms with Crippen molar-refractivity contribution >= 4 is 12.1 Å². The van der Waals surface area contributed by atoms with Crippen LogP contribution in [0.3, 0.4) is 0 Å². The Morgan fingerprint density at radius 3 is 2.62 bits per heavy atom. The lowest BCUT2D eigenvalue weighted by Gasteiger charge is -2.14. The van der Waals surface area contributed by atoms with Crippen molar-refractivity contribution in [2.45, 2.75) is 32.4 Å². The Labute approximate surface area is 140 Å². The van der Waals surface area contributed by atoms with E-state index in [0.717, 1.165) is 23.4 Å². The molecule has 7 heteroatoms. The number of carbonyl (C=O) groups is 2. The first kappa shape index (κ1) is 17.5. The number of rotatable bonds is 7. The summed E-state index contributed by atoms with van der Waals surface area (Å²) in [5, 5.41) is 16.0. The second-order valence-corrected chi connectivity index (χ2v) is 5.41. The zero-order valence-electron chi connectivity index (χ0n) is 13.7. The highest BCUT2D eigenvalue weighted by Crippen LogP contribution is 2.08. The molecule has 0 aliphatic heterocycles. The maximum absolute atomic E-state index is 11.8. The highest BCUT2D eigenvalue weighted by Gasteiger charge is 2.23. The molecule has 2 aromatic rings. The van der Waals surface area contributed by atoms with E-state index in [4.69, 9.17) is 4.74 Å². The third-order valence-corrected chi connectivity index (χ3v) is 3.61. The lowest BCUT2D eigenvalue weighted by atomic mass is 10.1. The van der Waals surface area contributed by atoms with E-state index in [0.29, 0.717) is 0 Å². The van der Waals surface area contributed by atoms with Gasteiger partial charge in [0.1, 0.15) is 12.6 Å². The Bertz CT molecular complexity index is 697. The molecule has 0 saturated heterocycles. The molecule has 0 aliphatic rings. The molecule has 0 bridgehead atoms. The molecular weight excluding hydrogens is 310 g/mol. The van der Waals surface area contributed by atoms with Crippen LogP contribution in [0.25, 0.3) is 0 Å². The number of aromatic nitrogens is 2. The highest BCUT2D eigenvalue weighted by atomic mass is 16.5. The van der Waals surface area contributed by atoms with E-state index in [1.807, 2.05) is 43.3 Å². The van der Waals surface area contributed by atoms with E-state index in [1.165, 1.54) is 0 Å². The van der Waals surface area contributed by atoms with Gasteiger partial charge in [0.15, 0.2) is 0 Å². The number of benzene rings is 1. The van der Waals surface area contributed by atoms with E-state index in [2.05, 4.69) is 10.4 Å². The van der Waals surface area contributed by atoms with Crippen molar-refractivity contribution in [1.29, 1.82) is 0 Å². The quantitative estimate of drug-likeness (QED) is 0.808. The van der Waals surface area contributed by atoms with Gasteiger partial charge in [-0.1, -0.05) is 37.3 Å². The minimum absolute atomic E-state index is 0.0880. The third kappa shape index (κ3) is 4.84. The molecule has 1 amide bonds. The molecule has 1 unspecified atom stereocenters. The van der Waals surface area contributed by atoms with Gasteiger partial charge in [0.25, 0.3) is 0 Å². The van der Waals surface area contributed by atoms with Crippen molar-refractivity contribution in [3.63, 3.8) is 0 Å². The van der Waals surface area contributed by atoms with E-state index in [9.17, 15) is 14.7 Å². The van der Waals surface area contributed by atoms with Crippen molar-refractivity contribution < 1.29 is 19.4 Å². The van der Waals surface area contributed by atoms with Crippen molar-refractivity contribution in [2.24, 2.45) is 7.05 Å². The van der Waals surface area contributed by atoms with Crippen molar-refractivity contribution in [3.05, 3.63) is 53.3 Å². The Kier molecular flexibility index (Phi) is 5.95. The molecule has 1 atom stereocenters. The molecule has 0 fully saturated rings. The van der Waals surface area contributed by atoms with Crippen molar-refractivity contribution in [3.8, 4) is 0 Å². The van der Waals surface area contributed by atoms with E-state index in [-0.39, 0.29) is 13.0 Å². The van der Waals surface area contributed by atoms with Crippen LogP contribution in [-0.4, -0.2) is 33.0 Å². The van der Waals surface area contributed by atoms with Crippen molar-refractivity contribution in [1.82, 2.24) is 15.1 Å². The summed E-state index contributed by atoms with van der Waals surface area (Å²) >= 11 is 0. The van der Waals surface area contributed by atoms with Gasteiger partial charge in [-0.3, -0.25) is 4.68 Å². The molecule has 1 aromatic heterocycles. The predicted octanol–water partition coefficient (Wildman–Crippen LogP) is 1.90. The van der Waals surface area contributed by atoms with Gasteiger partial charge in [-0.05, 0) is 18.1 Å². The average Bonchev–Trinajstić information content (AvgIpc) is 2.93. The zero-order valence-corrected chi connectivity index (χ0v) is 13.7. The molecule has 24 heavy (non-hydrogen) atoms. The molecular formula is C17H21N3O4. The zero-order chi connectivity index (χ0) is 17.5. The second-order valence-electron chi connectivity index (χ2n) is 5.41. The Morgan fingerprint density at radius 1 is 1.33 bits per heavy atom. The summed E-state index contributed by atoms with van der Waals surface area (Å²) in [7, 11) is 1.75. The lowest BCUT2D eigenvalue weighted by molar-refractivity contribution is -0.139. The van der Waals surface area contributed by atoms with Gasteiger partial charge < -0.3 is 15.2 Å². The minimum Gasteiger partial charge on any atom is -0.480 e. The molecule has 0 aliphatic carbocycles. The SMILES string of the molecule is CCc1cc(CC(NC(=O)OCc2ccccc2)C(=O)O)n(C)n1. The third-order valence-electron chi connectivity index (χ3n) is 3.61. The molecule has 1 heterocycles. The Balaban J connectivity index is 1.94. The second kappa shape index (κ2) is 8.14. The number of amides is 1. The van der Waals surface area contributed by atoms with Crippen LogP contribution in [0.4, 0.5) is 4.79 Å². The Morgan fingerprint density at radius 2 is 2.04 bits per heavy atom. The fraction of sp³-hybridized carbons (Fsp3) is 0.353. The molecule has 1 aromatic carbocycles. The first-order valence-electron chi connectivity index (χ1n) is 7.71. The van der Waals surface area contributed by atoms with Crippen LogP contribution in [-0.2, 0) is 36.0 Å². The number of carboxylic acids is 1. The van der Waals surface area contributed by atoms with Gasteiger partial charge in [0, 0.05) is 19.2 Å². The molecule has 0 radical (unpaired) electrons. The molecule has 0 saturated carbocycles. The largest absolute Gasteiger partial charge is 0.480 e. The number of aliphatic carboxylic acids is 1. The molecule has 2 N–H and O–H groups in total. The number of nitrogens with one attached hydrogen (secondary N) is 1.